The number of hydrogen-bond acceptors (Lipinski definition) is 1. The Morgan fingerprint density at radius 3 is 2.68 bits per heavy atom. The number of rotatable bonds is 1. The minimum Gasteiger partial charge on any atom is -0.477 e. The molecular formula is C20H18NO+. The summed E-state index contributed by atoms with van der Waals surface area (Å²) in [5.41, 5.74) is 2.37. The van der Waals surface area contributed by atoms with Crippen molar-refractivity contribution in [1.29, 1.82) is 0 Å². The van der Waals surface area contributed by atoms with Crippen LogP contribution in [0.3, 0.4) is 0 Å². The van der Waals surface area contributed by atoms with Crippen LogP contribution in [0.1, 0.15) is 12.5 Å². The first-order valence-electron chi connectivity index (χ1n) is 7.66. The van der Waals surface area contributed by atoms with Gasteiger partial charge in [0.25, 0.3) is 0 Å². The molecule has 0 N–H and O–H groups in total. The zero-order chi connectivity index (χ0) is 14.9. The minimum atomic E-state index is 0.182. The quantitative estimate of drug-likeness (QED) is 0.605. The van der Waals surface area contributed by atoms with Crippen molar-refractivity contribution in [3.63, 3.8) is 0 Å². The van der Waals surface area contributed by atoms with Gasteiger partial charge < -0.3 is 4.74 Å². The Bertz CT molecular complexity index is 861. The molecule has 4 rings (SSSR count). The molecule has 2 nitrogen and oxygen atoms in total. The van der Waals surface area contributed by atoms with E-state index in [1.165, 1.54) is 16.3 Å². The molecule has 0 aromatic heterocycles. The summed E-state index contributed by atoms with van der Waals surface area (Å²) in [5.74, 6) is 0.956. The first kappa shape index (κ1) is 13.1. The summed E-state index contributed by atoms with van der Waals surface area (Å²) in [6.07, 6.45) is 2.42. The third-order valence-electron chi connectivity index (χ3n) is 4.07. The number of hydrogen-bond donors (Lipinski definition) is 0. The van der Waals surface area contributed by atoms with Crippen molar-refractivity contribution in [2.45, 2.75) is 13.0 Å². The molecule has 1 aliphatic rings. The lowest BCUT2D eigenvalue weighted by Gasteiger charge is -2.20. The Kier molecular flexibility index (Phi) is 3.15. The predicted molar refractivity (Wildman–Crippen MR) is 90.4 cm³/mol. The van der Waals surface area contributed by atoms with Gasteiger partial charge in [0, 0.05) is 11.6 Å². The second-order valence-corrected chi connectivity index (χ2v) is 5.75. The summed E-state index contributed by atoms with van der Waals surface area (Å²) < 4.78 is 8.22. The summed E-state index contributed by atoms with van der Waals surface area (Å²) in [5, 5.41) is 2.55. The van der Waals surface area contributed by atoms with E-state index < -0.39 is 0 Å². The third-order valence-corrected chi connectivity index (χ3v) is 4.07. The summed E-state index contributed by atoms with van der Waals surface area (Å²) in [6, 6.07) is 23.2. The molecule has 1 unspecified atom stereocenters. The molecule has 22 heavy (non-hydrogen) atoms. The van der Waals surface area contributed by atoms with E-state index in [0.29, 0.717) is 0 Å². The molecule has 0 fully saturated rings. The molecule has 0 radical (unpaired) electrons. The molecule has 1 atom stereocenters. The van der Waals surface area contributed by atoms with Crippen LogP contribution in [0.2, 0.25) is 0 Å². The highest BCUT2D eigenvalue weighted by Gasteiger charge is 2.26. The monoisotopic (exact) mass is 288 g/mol. The normalized spacial score (nSPS) is 19.0. The van der Waals surface area contributed by atoms with Gasteiger partial charge in [-0.2, -0.15) is 4.58 Å². The maximum Gasteiger partial charge on any atom is 0.247 e. The van der Waals surface area contributed by atoms with Crippen LogP contribution < -0.4 is 4.74 Å². The van der Waals surface area contributed by atoms with E-state index in [1.54, 1.807) is 0 Å². The molecule has 0 saturated carbocycles. The molecule has 0 amide bonds. The van der Waals surface area contributed by atoms with Gasteiger partial charge in [-0.05, 0) is 29.8 Å². The average molecular weight is 288 g/mol. The lowest BCUT2D eigenvalue weighted by molar-refractivity contribution is -0.454. The van der Waals surface area contributed by atoms with Crippen molar-refractivity contribution >= 4 is 22.7 Å². The molecule has 1 heterocycles. The molecule has 2 heteroatoms. The number of para-hydroxylation sites is 2. The van der Waals surface area contributed by atoms with Gasteiger partial charge in [-0.3, -0.25) is 0 Å². The largest absolute Gasteiger partial charge is 0.477 e. The van der Waals surface area contributed by atoms with Crippen molar-refractivity contribution in [3.8, 4) is 5.75 Å². The van der Waals surface area contributed by atoms with Gasteiger partial charge in [0.05, 0.1) is 0 Å². The number of nitrogens with zero attached hydrogens (tertiary/aromatic N) is 1. The first-order chi connectivity index (χ1) is 10.8. The summed E-state index contributed by atoms with van der Waals surface area (Å²) >= 11 is 0. The summed E-state index contributed by atoms with van der Waals surface area (Å²) in [4.78, 5) is 0. The van der Waals surface area contributed by atoms with Crippen molar-refractivity contribution in [3.05, 3.63) is 72.3 Å². The van der Waals surface area contributed by atoms with Crippen LogP contribution in [0.4, 0.5) is 5.69 Å². The van der Waals surface area contributed by atoms with E-state index in [9.17, 15) is 0 Å². The lowest BCUT2D eigenvalue weighted by Crippen LogP contribution is -2.30. The van der Waals surface area contributed by atoms with E-state index in [4.69, 9.17) is 4.74 Å². The van der Waals surface area contributed by atoms with Gasteiger partial charge in [-0.25, -0.2) is 0 Å². The predicted octanol–water partition coefficient (Wildman–Crippen LogP) is 4.38. The maximum atomic E-state index is 5.93. The molecule has 0 saturated heterocycles. The van der Waals surface area contributed by atoms with Crippen LogP contribution in [-0.2, 0) is 0 Å². The van der Waals surface area contributed by atoms with E-state index >= 15 is 0 Å². The van der Waals surface area contributed by atoms with Crippen LogP contribution in [-0.4, -0.2) is 23.4 Å². The Morgan fingerprint density at radius 1 is 0.955 bits per heavy atom. The summed E-state index contributed by atoms with van der Waals surface area (Å²) in [7, 11) is 0. The smallest absolute Gasteiger partial charge is 0.247 e. The van der Waals surface area contributed by atoms with E-state index in [1.807, 2.05) is 12.1 Å². The second kappa shape index (κ2) is 5.30. The van der Waals surface area contributed by atoms with Gasteiger partial charge in [0.15, 0.2) is 24.6 Å². The van der Waals surface area contributed by atoms with Crippen molar-refractivity contribution in [2.75, 3.05) is 6.54 Å². The van der Waals surface area contributed by atoms with Crippen molar-refractivity contribution in [1.82, 2.24) is 0 Å². The van der Waals surface area contributed by atoms with Crippen molar-refractivity contribution < 1.29 is 9.31 Å². The Hall–Kier alpha value is -2.61. The van der Waals surface area contributed by atoms with Crippen LogP contribution in [0.5, 0.6) is 5.75 Å². The SMILES string of the molecule is CC1C[N+](=Cc2cccc3ccccc23)c2ccccc2O1. The van der Waals surface area contributed by atoms with Crippen LogP contribution >= 0.6 is 0 Å². The number of ether oxygens (including phenoxy) is 1. The van der Waals surface area contributed by atoms with E-state index in [-0.39, 0.29) is 6.10 Å². The molecule has 3 aromatic carbocycles. The molecule has 0 aliphatic carbocycles. The molecular weight excluding hydrogens is 270 g/mol. The van der Waals surface area contributed by atoms with Gasteiger partial charge in [0.1, 0.15) is 0 Å². The van der Waals surface area contributed by atoms with Gasteiger partial charge >= 0.3 is 0 Å². The molecule has 0 bridgehead atoms. The molecule has 0 spiro atoms. The highest BCUT2D eigenvalue weighted by atomic mass is 16.5. The van der Waals surface area contributed by atoms with Crippen LogP contribution in [0.15, 0.2) is 66.7 Å². The first-order valence-corrected chi connectivity index (χ1v) is 7.66. The fraction of sp³-hybridized carbons (Fsp3) is 0.150. The van der Waals surface area contributed by atoms with E-state index in [2.05, 4.69) is 72.3 Å². The fourth-order valence-electron chi connectivity index (χ4n) is 3.08. The van der Waals surface area contributed by atoms with Crippen LogP contribution in [0, 0.1) is 0 Å². The molecule has 108 valence electrons. The average Bonchev–Trinajstić information content (AvgIpc) is 2.55. The van der Waals surface area contributed by atoms with Gasteiger partial charge in [0.2, 0.25) is 5.69 Å². The zero-order valence-electron chi connectivity index (χ0n) is 12.6. The second-order valence-electron chi connectivity index (χ2n) is 5.75. The highest BCUT2D eigenvalue weighted by Crippen LogP contribution is 2.31. The van der Waals surface area contributed by atoms with Gasteiger partial charge in [-0.15, -0.1) is 0 Å². The number of fused-ring (bicyclic) bond motifs is 2. The maximum absolute atomic E-state index is 5.93. The standard InChI is InChI=1S/C20H18NO/c1-15-13-21(19-11-4-5-12-20(19)22-15)14-17-9-6-8-16-7-2-3-10-18(16)17/h2-12,14-15H,13H2,1H3/q+1. The van der Waals surface area contributed by atoms with Crippen molar-refractivity contribution in [2.24, 2.45) is 0 Å². The highest BCUT2D eigenvalue weighted by molar-refractivity contribution is 5.98. The minimum absolute atomic E-state index is 0.182. The molecule has 1 aliphatic heterocycles. The Morgan fingerprint density at radius 2 is 1.73 bits per heavy atom. The lowest BCUT2D eigenvalue weighted by atomic mass is 10.1. The Labute approximate surface area is 130 Å². The zero-order valence-corrected chi connectivity index (χ0v) is 12.6. The van der Waals surface area contributed by atoms with Gasteiger partial charge in [-0.1, -0.05) is 48.5 Å². The van der Waals surface area contributed by atoms with Crippen LogP contribution in [0.25, 0.3) is 10.8 Å². The summed E-state index contributed by atoms with van der Waals surface area (Å²) in [6.45, 7) is 2.97. The third kappa shape index (κ3) is 2.27. The molecule has 3 aromatic rings. The van der Waals surface area contributed by atoms with E-state index in [0.717, 1.165) is 18.0 Å². The number of benzene rings is 3. The Balaban J connectivity index is 1.89. The fourth-order valence-corrected chi connectivity index (χ4v) is 3.08. The topological polar surface area (TPSA) is 12.2 Å².